The summed E-state index contributed by atoms with van der Waals surface area (Å²) in [6, 6.07) is 1.36. The Morgan fingerprint density at radius 1 is 1.65 bits per heavy atom. The van der Waals surface area contributed by atoms with Gasteiger partial charge in [0.15, 0.2) is 6.20 Å². The van der Waals surface area contributed by atoms with E-state index < -0.39 is 39.1 Å². The highest BCUT2D eigenvalue weighted by Crippen LogP contribution is 2.32. The molecule has 0 radical (unpaired) electrons. The highest BCUT2D eigenvalue weighted by atomic mass is 35.5. The van der Waals surface area contributed by atoms with Gasteiger partial charge in [0.2, 0.25) is 0 Å². The van der Waals surface area contributed by atoms with Crippen molar-refractivity contribution < 1.29 is 18.5 Å². The molecule has 0 N–H and O–H groups in total. The molecule has 0 atom stereocenters. The summed E-state index contributed by atoms with van der Waals surface area (Å²) in [5.41, 5.74) is -2.76. The van der Waals surface area contributed by atoms with Crippen molar-refractivity contribution in [1.29, 1.82) is 5.26 Å². The van der Waals surface area contributed by atoms with Crippen LogP contribution in [0, 0.1) is 21.4 Å². The third-order valence-corrected chi connectivity index (χ3v) is 2.00. The number of nitrogens with zero attached hydrogens (tertiary/aromatic N) is 3. The average molecular weight is 262 g/mol. The Morgan fingerprint density at radius 2 is 2.24 bits per heavy atom. The molecule has 88 valence electrons. The number of nitro groups is 1. The zero-order chi connectivity index (χ0) is 13.2. The van der Waals surface area contributed by atoms with Crippen LogP contribution >= 0.6 is 11.6 Å². The van der Waals surface area contributed by atoms with Gasteiger partial charge in [0.05, 0.1) is 5.56 Å². The molecular formula is C8H2ClF2N3O3. The summed E-state index contributed by atoms with van der Waals surface area (Å²) in [4.78, 5) is 23.5. The third-order valence-electron chi connectivity index (χ3n) is 1.81. The largest absolute Gasteiger partial charge is 0.376 e. The quantitative estimate of drug-likeness (QED) is 0.472. The maximum atomic E-state index is 12.7. The van der Waals surface area contributed by atoms with Crippen molar-refractivity contribution >= 4 is 22.7 Å². The van der Waals surface area contributed by atoms with Crippen LogP contribution in [0.3, 0.4) is 0 Å². The molecule has 0 aliphatic carbocycles. The summed E-state index contributed by atoms with van der Waals surface area (Å²) in [5.74, 6) is -1.10. The highest BCUT2D eigenvalue weighted by molar-refractivity contribution is 6.68. The molecule has 1 aromatic heterocycles. The molecule has 1 heterocycles. The topological polar surface area (TPSA) is 96.9 Å². The molecule has 0 aliphatic rings. The smallest absolute Gasteiger partial charge is 0.358 e. The van der Waals surface area contributed by atoms with Crippen LogP contribution in [-0.2, 0) is 0 Å². The lowest BCUT2D eigenvalue weighted by atomic mass is 10.1. The molecule has 0 aliphatic heterocycles. The van der Waals surface area contributed by atoms with Crippen LogP contribution in [0.5, 0.6) is 0 Å². The van der Waals surface area contributed by atoms with Gasteiger partial charge in [-0.15, -0.1) is 0 Å². The van der Waals surface area contributed by atoms with E-state index >= 15 is 0 Å². The Morgan fingerprint density at radius 3 is 2.59 bits per heavy atom. The van der Waals surface area contributed by atoms with Crippen molar-refractivity contribution in [2.75, 3.05) is 0 Å². The first-order chi connectivity index (χ1) is 7.90. The first kappa shape index (κ1) is 12.9. The molecule has 6 nitrogen and oxygen atoms in total. The Kier molecular flexibility index (Phi) is 3.65. The molecule has 9 heteroatoms. The maximum Gasteiger partial charge on any atom is 0.376 e. The molecule has 1 aromatic rings. The van der Waals surface area contributed by atoms with E-state index in [0.717, 1.165) is 0 Å². The van der Waals surface area contributed by atoms with Crippen LogP contribution < -0.4 is 0 Å². The molecule has 0 unspecified atom stereocenters. The second kappa shape index (κ2) is 4.80. The predicted molar refractivity (Wildman–Crippen MR) is 50.7 cm³/mol. The number of pyridine rings is 1. The number of alkyl halides is 2. The Hall–Kier alpha value is -2.14. The van der Waals surface area contributed by atoms with Crippen LogP contribution in [0.4, 0.5) is 14.6 Å². The molecule has 0 saturated heterocycles. The normalized spacial score (nSPS) is 10.1. The van der Waals surface area contributed by atoms with Crippen LogP contribution in [0.1, 0.15) is 27.9 Å². The second-order valence-electron chi connectivity index (χ2n) is 2.73. The van der Waals surface area contributed by atoms with Gasteiger partial charge in [-0.1, -0.05) is 0 Å². The summed E-state index contributed by atoms with van der Waals surface area (Å²) < 4.78 is 25.3. The number of aromatic nitrogens is 1. The zero-order valence-electron chi connectivity index (χ0n) is 7.85. The number of hydrogen-bond acceptors (Lipinski definition) is 5. The van der Waals surface area contributed by atoms with Gasteiger partial charge < -0.3 is 10.1 Å². The van der Waals surface area contributed by atoms with Crippen molar-refractivity contribution in [2.24, 2.45) is 0 Å². The fourth-order valence-electron chi connectivity index (χ4n) is 1.16. The van der Waals surface area contributed by atoms with E-state index in [9.17, 15) is 23.7 Å². The SMILES string of the molecule is N#Cc1cnc([N+](=O)[O-])c(C(=O)Cl)c1C(F)F. The van der Waals surface area contributed by atoms with Crippen LogP contribution in [-0.4, -0.2) is 15.1 Å². The van der Waals surface area contributed by atoms with Gasteiger partial charge in [-0.2, -0.15) is 5.26 Å². The fourth-order valence-corrected chi connectivity index (χ4v) is 1.35. The van der Waals surface area contributed by atoms with Gasteiger partial charge in [-0.3, -0.25) is 4.79 Å². The van der Waals surface area contributed by atoms with Gasteiger partial charge in [0.25, 0.3) is 11.7 Å². The molecule has 0 spiro atoms. The second-order valence-corrected chi connectivity index (χ2v) is 3.07. The minimum atomic E-state index is -3.25. The Bertz CT molecular complexity index is 542. The van der Waals surface area contributed by atoms with E-state index in [0.29, 0.717) is 6.20 Å². The van der Waals surface area contributed by atoms with E-state index in [-0.39, 0.29) is 0 Å². The van der Waals surface area contributed by atoms with Gasteiger partial charge in [-0.25, -0.2) is 8.78 Å². The lowest BCUT2D eigenvalue weighted by Crippen LogP contribution is -2.08. The summed E-state index contributed by atoms with van der Waals surface area (Å²) in [5, 5.41) is 17.6. The monoisotopic (exact) mass is 261 g/mol. The van der Waals surface area contributed by atoms with Crippen molar-refractivity contribution in [3.8, 4) is 6.07 Å². The lowest BCUT2D eigenvalue weighted by molar-refractivity contribution is -0.389. The van der Waals surface area contributed by atoms with E-state index in [1.54, 1.807) is 0 Å². The minimum absolute atomic E-state index is 0.600. The molecule has 0 saturated carbocycles. The van der Waals surface area contributed by atoms with Gasteiger partial charge in [0, 0.05) is 0 Å². The molecular weight excluding hydrogens is 260 g/mol. The van der Waals surface area contributed by atoms with Crippen molar-refractivity contribution in [1.82, 2.24) is 4.98 Å². The number of nitriles is 1. The van der Waals surface area contributed by atoms with Crippen LogP contribution in [0.2, 0.25) is 0 Å². The van der Waals surface area contributed by atoms with Crippen LogP contribution in [0.15, 0.2) is 6.20 Å². The van der Waals surface area contributed by atoms with Crippen LogP contribution in [0.25, 0.3) is 0 Å². The van der Waals surface area contributed by atoms with E-state index in [4.69, 9.17) is 16.9 Å². The molecule has 0 fully saturated rings. The number of halogens is 3. The highest BCUT2D eigenvalue weighted by Gasteiger charge is 2.31. The summed E-state index contributed by atoms with van der Waals surface area (Å²) in [7, 11) is 0. The average Bonchev–Trinajstić information content (AvgIpc) is 2.26. The molecule has 17 heavy (non-hydrogen) atoms. The first-order valence-electron chi connectivity index (χ1n) is 3.95. The van der Waals surface area contributed by atoms with Gasteiger partial charge in [-0.05, 0) is 21.5 Å². The van der Waals surface area contributed by atoms with Gasteiger partial charge >= 0.3 is 5.82 Å². The fraction of sp³-hybridized carbons (Fsp3) is 0.125. The first-order valence-corrected chi connectivity index (χ1v) is 4.33. The standard InChI is InChI=1S/C8H2ClF2N3O3/c9-6(15)5-4(7(10)11)3(1-12)2-13-8(5)14(16)17/h2,7H. The summed E-state index contributed by atoms with van der Waals surface area (Å²) in [6.45, 7) is 0. The van der Waals surface area contributed by atoms with E-state index in [1.807, 2.05) is 0 Å². The van der Waals surface area contributed by atoms with E-state index in [1.165, 1.54) is 6.07 Å². The summed E-state index contributed by atoms with van der Waals surface area (Å²) >= 11 is 5.00. The Balaban J connectivity index is 3.73. The molecule has 0 amide bonds. The number of hydrogen-bond donors (Lipinski definition) is 0. The summed E-state index contributed by atoms with van der Waals surface area (Å²) in [6.07, 6.45) is -2.65. The van der Waals surface area contributed by atoms with Crippen molar-refractivity contribution in [3.05, 3.63) is 33.0 Å². The molecule has 0 bridgehead atoms. The van der Waals surface area contributed by atoms with Crippen molar-refractivity contribution in [3.63, 3.8) is 0 Å². The molecule has 0 aromatic carbocycles. The third kappa shape index (κ3) is 2.34. The Labute approximate surface area is 97.6 Å². The maximum absolute atomic E-state index is 12.7. The van der Waals surface area contributed by atoms with Gasteiger partial charge in [0.1, 0.15) is 17.2 Å². The predicted octanol–water partition coefficient (Wildman–Crippen LogP) is 2.18. The van der Waals surface area contributed by atoms with E-state index in [2.05, 4.69) is 4.98 Å². The molecule has 1 rings (SSSR count). The number of rotatable bonds is 3. The van der Waals surface area contributed by atoms with Crippen molar-refractivity contribution in [2.45, 2.75) is 6.43 Å². The zero-order valence-corrected chi connectivity index (χ0v) is 8.61. The lowest BCUT2D eigenvalue weighted by Gasteiger charge is -2.06. The number of carbonyl (C=O) groups is 1. The minimum Gasteiger partial charge on any atom is -0.358 e. The number of carbonyl (C=O) groups excluding carboxylic acids is 1.